The predicted molar refractivity (Wildman–Crippen MR) is 115 cm³/mol. The van der Waals surface area contributed by atoms with Gasteiger partial charge in [0.05, 0.1) is 11.5 Å². The van der Waals surface area contributed by atoms with E-state index in [2.05, 4.69) is 10.6 Å². The number of esters is 1. The molecule has 2 aromatic rings. The van der Waals surface area contributed by atoms with Gasteiger partial charge >= 0.3 is 5.97 Å². The first-order chi connectivity index (χ1) is 14.4. The number of benzene rings is 1. The highest BCUT2D eigenvalue weighted by Crippen LogP contribution is 2.42. The van der Waals surface area contributed by atoms with Crippen molar-refractivity contribution >= 4 is 16.0 Å². The van der Waals surface area contributed by atoms with E-state index in [1.807, 2.05) is 26.0 Å². The molecule has 2 fully saturated rings. The van der Waals surface area contributed by atoms with Gasteiger partial charge in [0.25, 0.3) is 0 Å². The van der Waals surface area contributed by atoms with Crippen molar-refractivity contribution in [2.45, 2.75) is 63.3 Å². The molecule has 1 aliphatic carbocycles. The van der Waals surface area contributed by atoms with Crippen molar-refractivity contribution in [1.82, 2.24) is 8.87 Å². The third kappa shape index (κ3) is 4.18. The Morgan fingerprint density at radius 1 is 1.13 bits per heavy atom. The highest BCUT2D eigenvalue weighted by molar-refractivity contribution is 7.89. The van der Waals surface area contributed by atoms with Crippen LogP contribution in [0.5, 0.6) is 0 Å². The highest BCUT2D eigenvalue weighted by atomic mass is 32.2. The average molecular weight is 431 g/mol. The molecular weight excluding hydrogens is 400 g/mol. The molecule has 1 aliphatic heterocycles. The van der Waals surface area contributed by atoms with Crippen molar-refractivity contribution < 1.29 is 17.9 Å². The van der Waals surface area contributed by atoms with Gasteiger partial charge in [-0.3, -0.25) is 4.79 Å². The Hall–Kier alpha value is -2.12. The van der Waals surface area contributed by atoms with Crippen LogP contribution in [0.25, 0.3) is 0 Å². The van der Waals surface area contributed by atoms with E-state index in [4.69, 9.17) is 4.74 Å². The van der Waals surface area contributed by atoms with Gasteiger partial charge in [0.1, 0.15) is 6.54 Å². The zero-order valence-corrected chi connectivity index (χ0v) is 18.6. The maximum atomic E-state index is 13.2. The largest absolute Gasteiger partial charge is 0.465 e. The number of hydrogen-bond acceptors (Lipinski definition) is 4. The van der Waals surface area contributed by atoms with E-state index in [-0.39, 0.29) is 12.5 Å². The fourth-order valence-corrected chi connectivity index (χ4v) is 6.08. The van der Waals surface area contributed by atoms with Crippen molar-refractivity contribution in [3.63, 3.8) is 0 Å². The molecule has 0 amide bonds. The Bertz CT molecular complexity index is 1030. The number of sulfonamides is 1. The quantitative estimate of drug-likeness (QED) is 0.600. The molecule has 162 valence electrons. The number of carbonyl (C=O) groups excluding carboxylic acids is 1. The standard InChI is InChI=1S/C23H30N2O4S/c1-3-29-23(26)16-25-17(2)20(15-21(25)18-10-11-18)14-19-8-4-5-9-22(19)30(27,28)24-12-6-7-13-24/h4-5,8-9,15,18H,3,6-7,10-14,16H2,1-2H3. The molecule has 0 N–H and O–H groups in total. The van der Waals surface area contributed by atoms with Gasteiger partial charge in [-0.2, -0.15) is 4.31 Å². The maximum absolute atomic E-state index is 13.2. The molecule has 0 spiro atoms. The minimum absolute atomic E-state index is 0.208. The van der Waals surface area contributed by atoms with Crippen molar-refractivity contribution in [3.05, 3.63) is 52.8 Å². The van der Waals surface area contributed by atoms with E-state index in [1.165, 1.54) is 0 Å². The minimum atomic E-state index is -3.48. The van der Waals surface area contributed by atoms with Crippen molar-refractivity contribution in [3.8, 4) is 0 Å². The molecule has 2 aliphatic rings. The van der Waals surface area contributed by atoms with E-state index >= 15 is 0 Å². The molecule has 1 aromatic heterocycles. The lowest BCUT2D eigenvalue weighted by atomic mass is 10.1. The molecule has 0 bridgehead atoms. The zero-order valence-electron chi connectivity index (χ0n) is 17.8. The Morgan fingerprint density at radius 2 is 1.83 bits per heavy atom. The Balaban J connectivity index is 1.66. The molecule has 4 rings (SSSR count). The monoisotopic (exact) mass is 430 g/mol. The van der Waals surface area contributed by atoms with E-state index in [0.717, 1.165) is 48.2 Å². The molecule has 6 nitrogen and oxygen atoms in total. The summed E-state index contributed by atoms with van der Waals surface area (Å²) < 4.78 is 35.2. The fourth-order valence-electron chi connectivity index (χ4n) is 4.34. The van der Waals surface area contributed by atoms with E-state index in [1.54, 1.807) is 16.4 Å². The second kappa shape index (κ2) is 8.55. The lowest BCUT2D eigenvalue weighted by Gasteiger charge is -2.18. The molecular formula is C23H30N2O4S. The second-order valence-electron chi connectivity index (χ2n) is 8.24. The summed E-state index contributed by atoms with van der Waals surface area (Å²) in [7, 11) is -3.48. The maximum Gasteiger partial charge on any atom is 0.325 e. The highest BCUT2D eigenvalue weighted by Gasteiger charge is 2.31. The van der Waals surface area contributed by atoms with Gasteiger partial charge in [0, 0.05) is 30.9 Å². The smallest absolute Gasteiger partial charge is 0.325 e. The summed E-state index contributed by atoms with van der Waals surface area (Å²) in [6, 6.07) is 9.47. The fraction of sp³-hybridized carbons (Fsp3) is 0.522. The van der Waals surface area contributed by atoms with E-state index in [0.29, 0.717) is 36.9 Å². The molecule has 1 saturated heterocycles. The molecule has 7 heteroatoms. The summed E-state index contributed by atoms with van der Waals surface area (Å²) in [4.78, 5) is 12.5. The Kier molecular flexibility index (Phi) is 6.02. The van der Waals surface area contributed by atoms with Gasteiger partial charge in [-0.05, 0) is 68.7 Å². The first-order valence-corrected chi connectivity index (χ1v) is 12.3. The number of nitrogens with zero attached hydrogens (tertiary/aromatic N) is 2. The van der Waals surface area contributed by atoms with Gasteiger partial charge in [0.15, 0.2) is 0 Å². The number of rotatable bonds is 8. The lowest BCUT2D eigenvalue weighted by molar-refractivity contribution is -0.143. The van der Waals surface area contributed by atoms with E-state index in [9.17, 15) is 13.2 Å². The van der Waals surface area contributed by atoms with Crippen molar-refractivity contribution in [1.29, 1.82) is 0 Å². The summed E-state index contributed by atoms with van der Waals surface area (Å²) in [5.41, 5.74) is 4.06. The van der Waals surface area contributed by atoms with Crippen LogP contribution in [0, 0.1) is 6.92 Å². The van der Waals surface area contributed by atoms with Crippen LogP contribution in [-0.4, -0.2) is 43.0 Å². The average Bonchev–Trinajstić information content (AvgIpc) is 3.31. The predicted octanol–water partition coefficient (Wildman–Crippen LogP) is 3.61. The van der Waals surface area contributed by atoms with Crippen LogP contribution in [0.15, 0.2) is 35.2 Å². The first kappa shape index (κ1) is 21.1. The van der Waals surface area contributed by atoms with E-state index < -0.39 is 10.0 Å². The topological polar surface area (TPSA) is 68.6 Å². The molecule has 1 saturated carbocycles. The van der Waals surface area contributed by atoms with Crippen LogP contribution < -0.4 is 0 Å². The van der Waals surface area contributed by atoms with Crippen LogP contribution >= 0.6 is 0 Å². The van der Waals surface area contributed by atoms with Crippen LogP contribution in [-0.2, 0) is 32.5 Å². The number of aromatic nitrogens is 1. The summed E-state index contributed by atoms with van der Waals surface area (Å²) >= 11 is 0. The molecule has 30 heavy (non-hydrogen) atoms. The summed E-state index contributed by atoms with van der Waals surface area (Å²) in [6.45, 7) is 5.59. The number of ether oxygens (including phenoxy) is 1. The van der Waals surface area contributed by atoms with Crippen LogP contribution in [0.3, 0.4) is 0 Å². The van der Waals surface area contributed by atoms with Crippen molar-refractivity contribution in [2.75, 3.05) is 19.7 Å². The van der Waals surface area contributed by atoms with Gasteiger partial charge in [-0.1, -0.05) is 18.2 Å². The van der Waals surface area contributed by atoms with Crippen LogP contribution in [0.2, 0.25) is 0 Å². The molecule has 0 atom stereocenters. The van der Waals surface area contributed by atoms with Crippen LogP contribution in [0.4, 0.5) is 0 Å². The van der Waals surface area contributed by atoms with Gasteiger partial charge in [-0.15, -0.1) is 0 Å². The SMILES string of the molecule is CCOC(=O)Cn1c(C2CC2)cc(Cc2ccccc2S(=O)(=O)N2CCCC2)c1C. The normalized spacial score (nSPS) is 17.4. The van der Waals surface area contributed by atoms with Gasteiger partial charge in [0.2, 0.25) is 10.0 Å². The molecule has 0 radical (unpaired) electrons. The van der Waals surface area contributed by atoms with Crippen molar-refractivity contribution in [2.24, 2.45) is 0 Å². The van der Waals surface area contributed by atoms with Crippen LogP contribution in [0.1, 0.15) is 61.0 Å². The molecule has 0 unspecified atom stereocenters. The zero-order chi connectivity index (χ0) is 21.3. The number of carbonyl (C=O) groups is 1. The summed E-state index contributed by atoms with van der Waals surface area (Å²) in [5, 5.41) is 0. The third-order valence-corrected chi connectivity index (χ3v) is 8.13. The Labute approximate surface area is 178 Å². The molecule has 2 heterocycles. The second-order valence-corrected chi connectivity index (χ2v) is 10.1. The summed E-state index contributed by atoms with van der Waals surface area (Å²) in [5.74, 6) is 0.247. The number of hydrogen-bond donors (Lipinski definition) is 0. The third-order valence-electron chi connectivity index (χ3n) is 6.13. The Morgan fingerprint density at radius 3 is 2.50 bits per heavy atom. The lowest BCUT2D eigenvalue weighted by Crippen LogP contribution is -2.28. The van der Waals surface area contributed by atoms with Gasteiger partial charge < -0.3 is 9.30 Å². The summed E-state index contributed by atoms with van der Waals surface area (Å²) in [6.07, 6.45) is 4.63. The minimum Gasteiger partial charge on any atom is -0.465 e. The first-order valence-electron chi connectivity index (χ1n) is 10.8. The van der Waals surface area contributed by atoms with Gasteiger partial charge in [-0.25, -0.2) is 8.42 Å². The molecule has 1 aromatic carbocycles.